The van der Waals surface area contributed by atoms with Gasteiger partial charge in [-0.1, -0.05) is 48.5 Å². The number of hydrogen-bond acceptors (Lipinski definition) is 2. The number of alkyl halides is 1. The fraction of sp³-hybridized carbons (Fsp3) is 0.118. The van der Waals surface area contributed by atoms with Crippen LogP contribution in [0.25, 0.3) is 10.9 Å². The summed E-state index contributed by atoms with van der Waals surface area (Å²) in [4.78, 5) is 4.35. The monoisotopic (exact) mass is 282 g/mol. The molecule has 20 heavy (non-hydrogen) atoms. The van der Waals surface area contributed by atoms with Gasteiger partial charge in [-0.3, -0.25) is 4.98 Å². The Kier molecular flexibility index (Phi) is 3.84. The number of rotatable bonds is 4. The Balaban J connectivity index is 1.77. The van der Waals surface area contributed by atoms with E-state index >= 15 is 0 Å². The molecule has 0 saturated carbocycles. The topological polar surface area (TPSA) is 24.9 Å². The molecular weight excluding hydrogens is 268 g/mol. The molecule has 0 radical (unpaired) electrons. The van der Waals surface area contributed by atoms with Crippen LogP contribution in [0.4, 0.5) is 5.69 Å². The molecule has 0 bridgehead atoms. The van der Waals surface area contributed by atoms with Crippen LogP contribution in [0.5, 0.6) is 0 Å². The van der Waals surface area contributed by atoms with Crippen LogP contribution in [0.3, 0.4) is 0 Å². The summed E-state index contributed by atoms with van der Waals surface area (Å²) in [6.07, 6.45) is 1.82. The Morgan fingerprint density at radius 1 is 0.950 bits per heavy atom. The van der Waals surface area contributed by atoms with Crippen molar-refractivity contribution in [2.24, 2.45) is 0 Å². The van der Waals surface area contributed by atoms with E-state index in [1.54, 1.807) is 0 Å². The predicted octanol–water partition coefficient (Wildman–Crippen LogP) is 4.63. The molecule has 1 N–H and O–H groups in total. The second-order valence-electron chi connectivity index (χ2n) is 4.63. The lowest BCUT2D eigenvalue weighted by Gasteiger charge is -2.13. The van der Waals surface area contributed by atoms with E-state index in [0.717, 1.165) is 22.2 Å². The Hall–Kier alpha value is -2.06. The third-order valence-electron chi connectivity index (χ3n) is 3.28. The van der Waals surface area contributed by atoms with Gasteiger partial charge in [0.2, 0.25) is 0 Å². The zero-order chi connectivity index (χ0) is 13.8. The van der Waals surface area contributed by atoms with Gasteiger partial charge in [-0.15, -0.1) is 11.6 Å². The maximum atomic E-state index is 6.43. The highest BCUT2D eigenvalue weighted by Gasteiger charge is 2.08. The van der Waals surface area contributed by atoms with Crippen LogP contribution in [-0.4, -0.2) is 11.5 Å². The third-order valence-corrected chi connectivity index (χ3v) is 3.69. The van der Waals surface area contributed by atoms with Gasteiger partial charge in [0, 0.05) is 23.8 Å². The average molecular weight is 283 g/mol. The van der Waals surface area contributed by atoms with Crippen molar-refractivity contribution in [3.63, 3.8) is 0 Å². The predicted molar refractivity (Wildman–Crippen MR) is 85.3 cm³/mol. The molecule has 1 unspecified atom stereocenters. The largest absolute Gasteiger partial charge is 0.383 e. The van der Waals surface area contributed by atoms with Gasteiger partial charge in [0.15, 0.2) is 0 Å². The molecule has 0 spiro atoms. The first-order valence-electron chi connectivity index (χ1n) is 6.61. The molecule has 0 aliphatic rings. The van der Waals surface area contributed by atoms with Crippen LogP contribution >= 0.6 is 11.6 Å². The highest BCUT2D eigenvalue weighted by atomic mass is 35.5. The Bertz CT molecular complexity index is 692. The van der Waals surface area contributed by atoms with E-state index in [9.17, 15) is 0 Å². The first kappa shape index (κ1) is 12.9. The lowest BCUT2D eigenvalue weighted by molar-refractivity contribution is 0.979. The van der Waals surface area contributed by atoms with E-state index in [-0.39, 0.29) is 5.38 Å². The number of aromatic nitrogens is 1. The van der Waals surface area contributed by atoms with Crippen LogP contribution < -0.4 is 5.32 Å². The van der Waals surface area contributed by atoms with Gasteiger partial charge >= 0.3 is 0 Å². The number of nitrogens with one attached hydrogen (secondary N) is 1. The highest BCUT2D eigenvalue weighted by molar-refractivity contribution is 6.21. The van der Waals surface area contributed by atoms with Crippen molar-refractivity contribution in [3.05, 3.63) is 72.4 Å². The third kappa shape index (κ3) is 2.75. The van der Waals surface area contributed by atoms with E-state index < -0.39 is 0 Å². The number of pyridine rings is 1. The van der Waals surface area contributed by atoms with E-state index in [0.29, 0.717) is 6.54 Å². The van der Waals surface area contributed by atoms with E-state index in [4.69, 9.17) is 11.6 Å². The summed E-state index contributed by atoms with van der Waals surface area (Å²) in [5.74, 6) is 0. The van der Waals surface area contributed by atoms with E-state index in [1.165, 1.54) is 0 Å². The lowest BCUT2D eigenvalue weighted by atomic mass is 10.1. The first-order valence-corrected chi connectivity index (χ1v) is 7.05. The van der Waals surface area contributed by atoms with Crippen LogP contribution in [0.15, 0.2) is 66.9 Å². The molecule has 0 aliphatic carbocycles. The summed E-state index contributed by atoms with van der Waals surface area (Å²) >= 11 is 6.43. The number of para-hydroxylation sites is 1. The number of anilines is 1. The van der Waals surface area contributed by atoms with Crippen molar-refractivity contribution in [2.75, 3.05) is 11.9 Å². The van der Waals surface area contributed by atoms with Crippen molar-refractivity contribution in [3.8, 4) is 0 Å². The fourth-order valence-electron chi connectivity index (χ4n) is 2.23. The smallest absolute Gasteiger partial charge is 0.0757 e. The minimum absolute atomic E-state index is 0.0527. The molecule has 2 aromatic carbocycles. The second kappa shape index (κ2) is 5.93. The number of benzene rings is 2. The molecular formula is C17H15ClN2. The van der Waals surface area contributed by atoms with Gasteiger partial charge in [-0.2, -0.15) is 0 Å². The quantitative estimate of drug-likeness (QED) is 0.706. The number of halogens is 1. The van der Waals surface area contributed by atoms with Crippen LogP contribution in [0, 0.1) is 0 Å². The van der Waals surface area contributed by atoms with Crippen molar-refractivity contribution in [1.29, 1.82) is 0 Å². The van der Waals surface area contributed by atoms with Crippen molar-refractivity contribution >= 4 is 28.2 Å². The molecule has 1 aromatic heterocycles. The van der Waals surface area contributed by atoms with Gasteiger partial charge in [0.1, 0.15) is 0 Å². The summed E-state index contributed by atoms with van der Waals surface area (Å²) < 4.78 is 0. The molecule has 3 heteroatoms. The van der Waals surface area contributed by atoms with Crippen molar-refractivity contribution in [1.82, 2.24) is 4.98 Å². The van der Waals surface area contributed by atoms with E-state index in [1.807, 2.05) is 60.8 Å². The van der Waals surface area contributed by atoms with Crippen LogP contribution in [0.2, 0.25) is 0 Å². The molecule has 0 amide bonds. The first-order chi connectivity index (χ1) is 9.84. The van der Waals surface area contributed by atoms with Crippen molar-refractivity contribution < 1.29 is 0 Å². The molecule has 2 nitrogen and oxygen atoms in total. The average Bonchev–Trinajstić information content (AvgIpc) is 2.53. The molecule has 3 aromatic rings. The maximum Gasteiger partial charge on any atom is 0.0757 e. The normalized spacial score (nSPS) is 12.2. The van der Waals surface area contributed by atoms with Gasteiger partial charge in [-0.05, 0) is 17.7 Å². The van der Waals surface area contributed by atoms with E-state index in [2.05, 4.69) is 16.4 Å². The van der Waals surface area contributed by atoms with Crippen LogP contribution in [0.1, 0.15) is 10.9 Å². The van der Waals surface area contributed by atoms with Gasteiger partial charge in [0.05, 0.1) is 10.9 Å². The molecule has 1 atom stereocenters. The molecule has 0 saturated heterocycles. The molecule has 3 rings (SSSR count). The molecule has 1 heterocycles. The fourth-order valence-corrected chi connectivity index (χ4v) is 2.45. The molecule has 100 valence electrons. The van der Waals surface area contributed by atoms with Gasteiger partial charge in [-0.25, -0.2) is 0 Å². The Labute approximate surface area is 123 Å². The highest BCUT2D eigenvalue weighted by Crippen LogP contribution is 2.24. The van der Waals surface area contributed by atoms with Crippen LogP contribution in [-0.2, 0) is 0 Å². The Morgan fingerprint density at radius 3 is 2.55 bits per heavy atom. The standard InChI is InChI=1S/C17H15ClN2/c18-15(13-6-2-1-3-7-13)12-20-17-10-11-19-16-9-5-4-8-14(16)17/h1-11,15H,12H2,(H,19,20). The van der Waals surface area contributed by atoms with Crippen molar-refractivity contribution in [2.45, 2.75) is 5.38 Å². The lowest BCUT2D eigenvalue weighted by Crippen LogP contribution is -2.08. The van der Waals surface area contributed by atoms with Gasteiger partial charge in [0.25, 0.3) is 0 Å². The SMILES string of the molecule is ClC(CNc1ccnc2ccccc12)c1ccccc1. The van der Waals surface area contributed by atoms with Gasteiger partial charge < -0.3 is 5.32 Å². The summed E-state index contributed by atoms with van der Waals surface area (Å²) in [7, 11) is 0. The molecule has 0 aliphatic heterocycles. The minimum atomic E-state index is -0.0527. The zero-order valence-electron chi connectivity index (χ0n) is 11.0. The zero-order valence-corrected chi connectivity index (χ0v) is 11.7. The Morgan fingerprint density at radius 2 is 1.70 bits per heavy atom. The second-order valence-corrected chi connectivity index (χ2v) is 5.16. The number of fused-ring (bicyclic) bond motifs is 1. The maximum absolute atomic E-state index is 6.43. The summed E-state index contributed by atoms with van der Waals surface area (Å²) in [6, 6.07) is 20.2. The number of nitrogens with zero attached hydrogens (tertiary/aromatic N) is 1. The molecule has 0 fully saturated rings. The summed E-state index contributed by atoms with van der Waals surface area (Å²) in [6.45, 7) is 0.680. The summed E-state index contributed by atoms with van der Waals surface area (Å²) in [5, 5.41) is 4.48. The minimum Gasteiger partial charge on any atom is -0.383 e. The summed E-state index contributed by atoms with van der Waals surface area (Å²) in [5.41, 5.74) is 3.18. The number of hydrogen-bond donors (Lipinski definition) is 1.